The van der Waals surface area contributed by atoms with E-state index >= 15 is 0 Å². The van der Waals surface area contributed by atoms with Crippen molar-refractivity contribution in [3.05, 3.63) is 46.8 Å². The van der Waals surface area contributed by atoms with Crippen molar-refractivity contribution in [2.75, 3.05) is 0 Å². The molecular weight excluding hydrogens is 259 g/mol. The molecule has 1 aromatic carbocycles. The number of aromatic amines is 1. The molecular formula is C11H10ClFN4O. The number of nitrogens with one attached hydrogen (secondary N) is 2. The molecule has 1 aromatic heterocycles. The molecule has 18 heavy (non-hydrogen) atoms. The summed E-state index contributed by atoms with van der Waals surface area (Å²) in [7, 11) is 0. The number of benzene rings is 1. The smallest absolute Gasteiger partial charge is 0.251 e. The molecule has 2 N–H and O–H groups in total. The molecule has 0 aliphatic rings. The average molecular weight is 269 g/mol. The van der Waals surface area contributed by atoms with Crippen molar-refractivity contribution in [2.24, 2.45) is 0 Å². The van der Waals surface area contributed by atoms with Gasteiger partial charge in [-0.3, -0.25) is 9.89 Å². The van der Waals surface area contributed by atoms with E-state index in [1.807, 2.05) is 0 Å². The molecule has 0 fully saturated rings. The molecule has 0 radical (unpaired) electrons. The van der Waals surface area contributed by atoms with Gasteiger partial charge in [0.2, 0.25) is 0 Å². The number of hydrogen-bond donors (Lipinski definition) is 2. The Morgan fingerprint density at radius 1 is 1.56 bits per heavy atom. The van der Waals surface area contributed by atoms with E-state index in [0.717, 1.165) is 6.07 Å². The van der Waals surface area contributed by atoms with Crippen LogP contribution < -0.4 is 5.32 Å². The first-order chi connectivity index (χ1) is 8.58. The van der Waals surface area contributed by atoms with E-state index in [0.29, 0.717) is 5.82 Å². The van der Waals surface area contributed by atoms with Crippen molar-refractivity contribution >= 4 is 17.5 Å². The van der Waals surface area contributed by atoms with Gasteiger partial charge >= 0.3 is 0 Å². The summed E-state index contributed by atoms with van der Waals surface area (Å²) in [5.41, 5.74) is 0.285. The summed E-state index contributed by atoms with van der Waals surface area (Å²) in [4.78, 5) is 15.8. The highest BCUT2D eigenvalue weighted by atomic mass is 35.5. The SMILES string of the molecule is CC(NC(=O)c1ccc(F)c(Cl)c1)c1ncn[nH]1. The summed E-state index contributed by atoms with van der Waals surface area (Å²) < 4.78 is 13.0. The molecule has 1 unspecified atom stereocenters. The summed E-state index contributed by atoms with van der Waals surface area (Å²) in [5.74, 6) is -0.381. The Balaban J connectivity index is 2.10. The molecule has 7 heteroatoms. The van der Waals surface area contributed by atoms with Crippen LogP contribution in [0.4, 0.5) is 4.39 Å². The van der Waals surface area contributed by atoms with Crippen molar-refractivity contribution in [2.45, 2.75) is 13.0 Å². The van der Waals surface area contributed by atoms with Crippen LogP contribution in [-0.4, -0.2) is 21.1 Å². The number of hydrogen-bond acceptors (Lipinski definition) is 3. The number of nitrogens with zero attached hydrogens (tertiary/aromatic N) is 2. The Hall–Kier alpha value is -1.95. The summed E-state index contributed by atoms with van der Waals surface area (Å²) in [6, 6.07) is 3.46. The van der Waals surface area contributed by atoms with Crippen molar-refractivity contribution in [1.29, 1.82) is 0 Å². The van der Waals surface area contributed by atoms with Gasteiger partial charge in [0.15, 0.2) is 0 Å². The number of rotatable bonds is 3. The molecule has 5 nitrogen and oxygen atoms in total. The fourth-order valence-corrected chi connectivity index (χ4v) is 1.59. The van der Waals surface area contributed by atoms with Crippen LogP contribution in [0, 0.1) is 5.82 Å². The van der Waals surface area contributed by atoms with Gasteiger partial charge < -0.3 is 5.32 Å². The molecule has 0 bridgehead atoms. The molecule has 0 aliphatic carbocycles. The fraction of sp³-hybridized carbons (Fsp3) is 0.182. The predicted molar refractivity (Wildman–Crippen MR) is 63.7 cm³/mol. The Morgan fingerprint density at radius 2 is 2.33 bits per heavy atom. The maximum Gasteiger partial charge on any atom is 0.251 e. The minimum absolute atomic E-state index is 0.0880. The van der Waals surface area contributed by atoms with Gasteiger partial charge in [0.1, 0.15) is 18.0 Å². The second kappa shape index (κ2) is 5.14. The lowest BCUT2D eigenvalue weighted by Gasteiger charge is -2.11. The molecule has 1 heterocycles. The van der Waals surface area contributed by atoms with Crippen LogP contribution >= 0.6 is 11.6 Å². The van der Waals surface area contributed by atoms with Crippen LogP contribution in [0.5, 0.6) is 0 Å². The van der Waals surface area contributed by atoms with E-state index < -0.39 is 5.82 Å². The van der Waals surface area contributed by atoms with Gasteiger partial charge in [-0.1, -0.05) is 11.6 Å². The van der Waals surface area contributed by atoms with Crippen LogP contribution in [0.25, 0.3) is 0 Å². The van der Waals surface area contributed by atoms with Crippen LogP contribution in [0.3, 0.4) is 0 Å². The lowest BCUT2D eigenvalue weighted by atomic mass is 10.2. The van der Waals surface area contributed by atoms with Gasteiger partial charge in [-0.05, 0) is 25.1 Å². The van der Waals surface area contributed by atoms with Crippen molar-refractivity contribution in [3.8, 4) is 0 Å². The highest BCUT2D eigenvalue weighted by Crippen LogP contribution is 2.16. The zero-order valence-corrected chi connectivity index (χ0v) is 10.2. The molecule has 0 saturated carbocycles. The van der Waals surface area contributed by atoms with Crippen molar-refractivity contribution in [3.63, 3.8) is 0 Å². The summed E-state index contributed by atoms with van der Waals surface area (Å²) in [5, 5.41) is 8.95. The van der Waals surface area contributed by atoms with E-state index in [2.05, 4.69) is 20.5 Å². The van der Waals surface area contributed by atoms with Crippen molar-refractivity contribution in [1.82, 2.24) is 20.5 Å². The fourth-order valence-electron chi connectivity index (χ4n) is 1.41. The van der Waals surface area contributed by atoms with Gasteiger partial charge in [0, 0.05) is 5.56 Å². The van der Waals surface area contributed by atoms with Gasteiger partial charge in [0.25, 0.3) is 5.91 Å². The Bertz CT molecular complexity index is 558. The van der Waals surface area contributed by atoms with Gasteiger partial charge in [-0.2, -0.15) is 5.10 Å². The number of amides is 1. The largest absolute Gasteiger partial charge is 0.342 e. The third kappa shape index (κ3) is 2.65. The molecule has 1 atom stereocenters. The highest BCUT2D eigenvalue weighted by Gasteiger charge is 2.14. The lowest BCUT2D eigenvalue weighted by Crippen LogP contribution is -2.27. The van der Waals surface area contributed by atoms with Crippen LogP contribution in [-0.2, 0) is 0 Å². The number of halogens is 2. The highest BCUT2D eigenvalue weighted by molar-refractivity contribution is 6.31. The first-order valence-electron chi connectivity index (χ1n) is 5.19. The van der Waals surface area contributed by atoms with Crippen LogP contribution in [0.2, 0.25) is 5.02 Å². The van der Waals surface area contributed by atoms with Gasteiger partial charge in [-0.15, -0.1) is 0 Å². The summed E-state index contributed by atoms with van der Waals surface area (Å²) in [6.45, 7) is 1.75. The molecule has 94 valence electrons. The van der Waals surface area contributed by atoms with Gasteiger partial charge in [0.05, 0.1) is 11.1 Å². The topological polar surface area (TPSA) is 70.7 Å². The minimum atomic E-state index is -0.559. The van der Waals surface area contributed by atoms with Crippen LogP contribution in [0.15, 0.2) is 24.5 Å². The summed E-state index contributed by atoms with van der Waals surface area (Å²) >= 11 is 5.61. The molecule has 0 spiro atoms. The molecule has 0 aliphatic heterocycles. The third-order valence-electron chi connectivity index (χ3n) is 2.37. The van der Waals surface area contributed by atoms with Gasteiger partial charge in [-0.25, -0.2) is 9.37 Å². The zero-order chi connectivity index (χ0) is 13.1. The lowest BCUT2D eigenvalue weighted by molar-refractivity contribution is 0.0938. The first kappa shape index (κ1) is 12.5. The maximum atomic E-state index is 13.0. The van der Waals surface area contributed by atoms with E-state index in [9.17, 15) is 9.18 Å². The number of carbonyl (C=O) groups is 1. The molecule has 1 amide bonds. The van der Waals surface area contributed by atoms with Crippen molar-refractivity contribution < 1.29 is 9.18 Å². The number of H-pyrrole nitrogens is 1. The monoisotopic (exact) mass is 268 g/mol. The Labute approximate surface area is 107 Å². The standard InChI is InChI=1S/C11H10ClFN4O/c1-6(10-14-5-15-17-10)16-11(18)7-2-3-9(13)8(12)4-7/h2-6H,1H3,(H,16,18)(H,14,15,17). The van der Waals surface area contributed by atoms with E-state index in [-0.39, 0.29) is 22.5 Å². The second-order valence-electron chi connectivity index (χ2n) is 3.69. The molecule has 0 saturated heterocycles. The summed E-state index contributed by atoms with van der Waals surface area (Å²) in [6.07, 6.45) is 1.35. The second-order valence-corrected chi connectivity index (χ2v) is 4.10. The minimum Gasteiger partial charge on any atom is -0.342 e. The predicted octanol–water partition coefficient (Wildman–Crippen LogP) is 2.09. The Kier molecular flexibility index (Phi) is 3.57. The number of aromatic nitrogens is 3. The maximum absolute atomic E-state index is 13.0. The normalized spacial score (nSPS) is 12.2. The van der Waals surface area contributed by atoms with E-state index in [1.54, 1.807) is 6.92 Å². The number of carbonyl (C=O) groups excluding carboxylic acids is 1. The van der Waals surface area contributed by atoms with E-state index in [1.165, 1.54) is 18.5 Å². The van der Waals surface area contributed by atoms with Crippen LogP contribution in [0.1, 0.15) is 29.1 Å². The first-order valence-corrected chi connectivity index (χ1v) is 5.57. The van der Waals surface area contributed by atoms with E-state index in [4.69, 9.17) is 11.6 Å². The zero-order valence-electron chi connectivity index (χ0n) is 9.45. The molecule has 2 aromatic rings. The average Bonchev–Trinajstić information content (AvgIpc) is 2.86. The Morgan fingerprint density at radius 3 is 2.94 bits per heavy atom. The third-order valence-corrected chi connectivity index (χ3v) is 2.66. The quantitative estimate of drug-likeness (QED) is 0.895. The molecule has 2 rings (SSSR count).